The largest absolute Gasteiger partial charge is 0.471 e. The predicted molar refractivity (Wildman–Crippen MR) is 85.2 cm³/mol. The molecule has 124 valence electrons. The first kappa shape index (κ1) is 15.7. The molecule has 1 aromatic carbocycles. The Kier molecular flexibility index (Phi) is 4.28. The number of amides is 1. The third kappa shape index (κ3) is 3.43. The number of benzene rings is 1. The molecule has 0 fully saturated rings. The molecule has 2 heterocycles. The predicted octanol–water partition coefficient (Wildman–Crippen LogP) is 2.35. The minimum Gasteiger partial charge on any atom is -0.471 e. The van der Waals surface area contributed by atoms with Crippen LogP contribution in [0.25, 0.3) is 0 Å². The van der Waals surface area contributed by atoms with Crippen LogP contribution < -0.4 is 10.1 Å². The topological polar surface area (TPSA) is 74.0 Å². The van der Waals surface area contributed by atoms with Gasteiger partial charge in [-0.05, 0) is 37.3 Å². The van der Waals surface area contributed by atoms with Gasteiger partial charge in [0.05, 0.1) is 17.6 Å². The van der Waals surface area contributed by atoms with Crippen molar-refractivity contribution in [2.24, 2.45) is 7.05 Å². The second-order valence-corrected chi connectivity index (χ2v) is 5.19. The van der Waals surface area contributed by atoms with Gasteiger partial charge in [-0.15, -0.1) is 0 Å². The van der Waals surface area contributed by atoms with Crippen LogP contribution in [0.1, 0.15) is 16.2 Å². The zero-order chi connectivity index (χ0) is 17.1. The lowest BCUT2D eigenvalue weighted by molar-refractivity contribution is 0.102. The number of nitrogens with zero attached hydrogens (tertiary/aromatic N) is 4. The molecule has 1 amide bonds. The van der Waals surface area contributed by atoms with Gasteiger partial charge in [-0.1, -0.05) is 0 Å². The van der Waals surface area contributed by atoms with Crippen LogP contribution in [0.5, 0.6) is 5.75 Å². The van der Waals surface area contributed by atoms with Gasteiger partial charge in [-0.2, -0.15) is 10.2 Å². The van der Waals surface area contributed by atoms with Crippen molar-refractivity contribution in [3.05, 3.63) is 59.9 Å². The average molecular weight is 329 g/mol. The number of ether oxygens (including phenoxy) is 1. The number of hydrogen-bond acceptors (Lipinski definition) is 4. The van der Waals surface area contributed by atoms with E-state index in [4.69, 9.17) is 4.74 Å². The molecule has 3 aromatic rings. The molecule has 1 N–H and O–H groups in total. The van der Waals surface area contributed by atoms with Gasteiger partial charge in [0.1, 0.15) is 11.6 Å². The first-order valence-corrected chi connectivity index (χ1v) is 7.25. The third-order valence-electron chi connectivity index (χ3n) is 3.53. The summed E-state index contributed by atoms with van der Waals surface area (Å²) in [5.41, 5.74) is 1.75. The Morgan fingerprint density at radius 1 is 1.29 bits per heavy atom. The van der Waals surface area contributed by atoms with Crippen molar-refractivity contribution in [2.45, 2.75) is 13.7 Å². The van der Waals surface area contributed by atoms with Crippen molar-refractivity contribution in [3.63, 3.8) is 0 Å². The van der Waals surface area contributed by atoms with Crippen molar-refractivity contribution < 1.29 is 13.9 Å². The zero-order valence-corrected chi connectivity index (χ0v) is 13.2. The minimum atomic E-state index is -0.328. The van der Waals surface area contributed by atoms with Gasteiger partial charge in [-0.3, -0.25) is 9.48 Å². The van der Waals surface area contributed by atoms with Gasteiger partial charge in [0, 0.05) is 13.2 Å². The second kappa shape index (κ2) is 6.53. The lowest BCUT2D eigenvalue weighted by Gasteiger charge is -2.06. The molecule has 0 radical (unpaired) electrons. The van der Waals surface area contributed by atoms with E-state index in [1.54, 1.807) is 30.2 Å². The van der Waals surface area contributed by atoms with E-state index in [9.17, 15) is 9.18 Å². The van der Waals surface area contributed by atoms with Crippen molar-refractivity contribution in [3.8, 4) is 5.75 Å². The first-order chi connectivity index (χ1) is 11.5. The molecule has 7 nitrogen and oxygen atoms in total. The maximum atomic E-state index is 12.8. The van der Waals surface area contributed by atoms with E-state index in [0.29, 0.717) is 11.4 Å². The molecule has 8 heteroatoms. The van der Waals surface area contributed by atoms with Crippen LogP contribution in [0.2, 0.25) is 0 Å². The normalized spacial score (nSPS) is 10.6. The van der Waals surface area contributed by atoms with Crippen LogP contribution in [0.3, 0.4) is 0 Å². The molecule has 0 aliphatic rings. The van der Waals surface area contributed by atoms with E-state index in [-0.39, 0.29) is 24.1 Å². The summed E-state index contributed by atoms with van der Waals surface area (Å²) in [5, 5.41) is 11.0. The SMILES string of the molecule is Cc1c(NC(=O)c2ccn(COc3ccc(F)cc3)n2)cnn1C. The Balaban J connectivity index is 1.61. The van der Waals surface area contributed by atoms with Crippen LogP contribution >= 0.6 is 0 Å². The fourth-order valence-electron chi connectivity index (χ4n) is 2.03. The standard InChI is InChI=1S/C16H16FN5O2/c1-11-15(9-18-21(11)2)19-16(23)14-7-8-22(20-14)10-24-13-5-3-12(17)4-6-13/h3-9H,10H2,1-2H3,(H,19,23). The zero-order valence-electron chi connectivity index (χ0n) is 13.2. The van der Waals surface area contributed by atoms with E-state index < -0.39 is 0 Å². The van der Waals surface area contributed by atoms with Gasteiger partial charge >= 0.3 is 0 Å². The molecule has 2 aromatic heterocycles. The number of aryl methyl sites for hydroxylation is 1. The number of aromatic nitrogens is 4. The number of rotatable bonds is 5. The number of halogens is 1. The molecule has 0 atom stereocenters. The summed E-state index contributed by atoms with van der Waals surface area (Å²) in [6, 6.07) is 7.27. The summed E-state index contributed by atoms with van der Waals surface area (Å²) >= 11 is 0. The Hall–Kier alpha value is -3.16. The fourth-order valence-corrected chi connectivity index (χ4v) is 2.03. The number of anilines is 1. The number of hydrogen-bond donors (Lipinski definition) is 1. The molecule has 0 aliphatic carbocycles. The van der Waals surface area contributed by atoms with Crippen LogP contribution in [0, 0.1) is 12.7 Å². The summed E-state index contributed by atoms with van der Waals surface area (Å²) in [7, 11) is 1.80. The summed E-state index contributed by atoms with van der Waals surface area (Å²) in [4.78, 5) is 12.2. The van der Waals surface area contributed by atoms with Crippen molar-refractivity contribution >= 4 is 11.6 Å². The number of nitrogens with one attached hydrogen (secondary N) is 1. The van der Waals surface area contributed by atoms with Crippen molar-refractivity contribution in [1.29, 1.82) is 0 Å². The molecule has 0 unspecified atom stereocenters. The molecule has 0 spiro atoms. The molecular formula is C16H16FN5O2. The summed E-state index contributed by atoms with van der Waals surface area (Å²) in [6.45, 7) is 1.97. The van der Waals surface area contributed by atoms with Crippen molar-refractivity contribution in [1.82, 2.24) is 19.6 Å². The van der Waals surface area contributed by atoms with E-state index in [1.165, 1.54) is 28.9 Å². The molecule has 0 saturated heterocycles. The van der Waals surface area contributed by atoms with E-state index in [0.717, 1.165) is 5.69 Å². The van der Waals surface area contributed by atoms with Gasteiger partial charge in [0.15, 0.2) is 12.4 Å². The quantitative estimate of drug-likeness (QED) is 0.780. The maximum Gasteiger partial charge on any atom is 0.276 e. The highest BCUT2D eigenvalue weighted by Crippen LogP contribution is 2.14. The highest BCUT2D eigenvalue weighted by molar-refractivity contribution is 6.03. The van der Waals surface area contributed by atoms with Gasteiger partial charge in [-0.25, -0.2) is 9.07 Å². The third-order valence-corrected chi connectivity index (χ3v) is 3.53. The lowest BCUT2D eigenvalue weighted by Crippen LogP contribution is -2.14. The van der Waals surface area contributed by atoms with Crippen LogP contribution in [0.4, 0.5) is 10.1 Å². The number of carbonyl (C=O) groups is 1. The van der Waals surface area contributed by atoms with Gasteiger partial charge in [0.25, 0.3) is 5.91 Å². The Morgan fingerprint density at radius 2 is 2.04 bits per heavy atom. The first-order valence-electron chi connectivity index (χ1n) is 7.25. The fraction of sp³-hybridized carbons (Fsp3) is 0.188. The monoisotopic (exact) mass is 329 g/mol. The maximum absolute atomic E-state index is 12.8. The second-order valence-electron chi connectivity index (χ2n) is 5.19. The van der Waals surface area contributed by atoms with E-state index in [2.05, 4.69) is 15.5 Å². The highest BCUT2D eigenvalue weighted by atomic mass is 19.1. The summed E-state index contributed by atoms with van der Waals surface area (Å²) in [5.74, 6) is -0.137. The van der Waals surface area contributed by atoms with Crippen LogP contribution in [0.15, 0.2) is 42.7 Å². The number of carbonyl (C=O) groups excluding carboxylic acids is 1. The summed E-state index contributed by atoms with van der Waals surface area (Å²) < 4.78 is 21.4. The van der Waals surface area contributed by atoms with Gasteiger partial charge in [0.2, 0.25) is 0 Å². The highest BCUT2D eigenvalue weighted by Gasteiger charge is 2.13. The average Bonchev–Trinajstić information content (AvgIpc) is 3.17. The molecule has 24 heavy (non-hydrogen) atoms. The Labute approximate surface area is 137 Å². The van der Waals surface area contributed by atoms with Gasteiger partial charge < -0.3 is 10.1 Å². The van der Waals surface area contributed by atoms with E-state index >= 15 is 0 Å². The molecule has 0 aliphatic heterocycles. The van der Waals surface area contributed by atoms with Crippen molar-refractivity contribution in [2.75, 3.05) is 5.32 Å². The van der Waals surface area contributed by atoms with Crippen LogP contribution in [-0.4, -0.2) is 25.5 Å². The smallest absolute Gasteiger partial charge is 0.276 e. The van der Waals surface area contributed by atoms with Crippen LogP contribution in [-0.2, 0) is 13.8 Å². The summed E-state index contributed by atoms with van der Waals surface area (Å²) in [6.07, 6.45) is 3.22. The lowest BCUT2D eigenvalue weighted by atomic mass is 10.3. The Bertz CT molecular complexity index is 854. The van der Waals surface area contributed by atoms with E-state index in [1.807, 2.05) is 6.92 Å². The molecule has 0 saturated carbocycles. The molecule has 0 bridgehead atoms. The molecular weight excluding hydrogens is 313 g/mol. The Morgan fingerprint density at radius 3 is 2.71 bits per heavy atom. The molecule has 3 rings (SSSR count). The minimum absolute atomic E-state index is 0.116.